The fourth-order valence-electron chi connectivity index (χ4n) is 2.22. The molecule has 1 aromatic heterocycles. The topological polar surface area (TPSA) is 93.5 Å². The van der Waals surface area contributed by atoms with Crippen molar-refractivity contribution in [2.75, 3.05) is 5.32 Å². The van der Waals surface area contributed by atoms with E-state index in [9.17, 15) is 9.59 Å². The molecule has 1 heterocycles. The van der Waals surface area contributed by atoms with Crippen molar-refractivity contribution in [1.82, 2.24) is 10.3 Å². The van der Waals surface area contributed by atoms with Crippen molar-refractivity contribution >= 4 is 17.7 Å². The second kappa shape index (κ2) is 7.16. The molecule has 1 fully saturated rings. The smallest absolute Gasteiger partial charge is 0.412 e. The second-order valence-corrected chi connectivity index (χ2v) is 5.80. The normalized spacial score (nSPS) is 14.7. The minimum Gasteiger partial charge on any atom is -0.445 e. The molecule has 24 heavy (non-hydrogen) atoms. The van der Waals surface area contributed by atoms with E-state index in [1.165, 1.54) is 12.6 Å². The molecule has 2 N–H and O–H groups in total. The summed E-state index contributed by atoms with van der Waals surface area (Å²) in [5.41, 5.74) is 1.59. The molecule has 1 aliphatic carbocycles. The Morgan fingerprint density at radius 1 is 1.33 bits per heavy atom. The van der Waals surface area contributed by atoms with Gasteiger partial charge in [-0.25, -0.2) is 9.78 Å². The number of oxazole rings is 1. The van der Waals surface area contributed by atoms with E-state index in [0.717, 1.165) is 18.4 Å². The number of hydrogen-bond acceptors (Lipinski definition) is 5. The second-order valence-electron chi connectivity index (χ2n) is 5.80. The molecule has 2 amide bonds. The lowest BCUT2D eigenvalue weighted by atomic mass is 10.1. The summed E-state index contributed by atoms with van der Waals surface area (Å²) < 4.78 is 9.99. The van der Waals surface area contributed by atoms with Gasteiger partial charge < -0.3 is 14.5 Å². The lowest BCUT2D eigenvalue weighted by molar-refractivity contribution is -0.122. The molecule has 1 saturated carbocycles. The zero-order valence-corrected chi connectivity index (χ0v) is 13.3. The number of nitrogens with zero attached hydrogens (tertiary/aromatic N) is 1. The van der Waals surface area contributed by atoms with Crippen molar-refractivity contribution in [3.8, 4) is 0 Å². The van der Waals surface area contributed by atoms with E-state index < -0.39 is 6.09 Å². The maximum Gasteiger partial charge on any atom is 0.412 e. The number of rotatable bonds is 6. The Balaban J connectivity index is 1.48. The van der Waals surface area contributed by atoms with E-state index in [1.54, 1.807) is 12.1 Å². The van der Waals surface area contributed by atoms with Gasteiger partial charge in [-0.3, -0.25) is 10.1 Å². The van der Waals surface area contributed by atoms with Gasteiger partial charge in [0.15, 0.2) is 18.8 Å². The number of carbonyl (C=O) groups excluding carboxylic acids is 2. The summed E-state index contributed by atoms with van der Waals surface area (Å²) in [6.07, 6.45) is 4.15. The van der Waals surface area contributed by atoms with Crippen LogP contribution in [0.3, 0.4) is 0 Å². The molecule has 0 aliphatic heterocycles. The summed E-state index contributed by atoms with van der Waals surface area (Å²) in [6.45, 7) is 1.96. The predicted molar refractivity (Wildman–Crippen MR) is 86.0 cm³/mol. The van der Waals surface area contributed by atoms with Gasteiger partial charge in [0.05, 0.1) is 12.2 Å². The highest BCUT2D eigenvalue weighted by Gasteiger charge is 2.30. The maximum atomic E-state index is 11.8. The Hall–Kier alpha value is -2.83. The first-order valence-corrected chi connectivity index (χ1v) is 7.83. The Labute approximate surface area is 139 Å². The van der Waals surface area contributed by atoms with Gasteiger partial charge >= 0.3 is 6.09 Å². The molecule has 0 spiro atoms. The number of anilines is 1. The highest BCUT2D eigenvalue weighted by atomic mass is 16.6. The number of benzene rings is 1. The van der Waals surface area contributed by atoms with Gasteiger partial charge in [0.2, 0.25) is 5.91 Å². The van der Waals surface area contributed by atoms with Crippen LogP contribution in [0.4, 0.5) is 10.5 Å². The molecular weight excluding hydrogens is 310 g/mol. The highest BCUT2D eigenvalue weighted by Crippen LogP contribution is 2.29. The van der Waals surface area contributed by atoms with Crippen LogP contribution in [-0.4, -0.2) is 17.0 Å². The molecule has 7 heteroatoms. The Morgan fingerprint density at radius 2 is 2.08 bits per heavy atom. The predicted octanol–water partition coefficient (Wildman–Crippen LogP) is 3.01. The van der Waals surface area contributed by atoms with Gasteiger partial charge in [-0.1, -0.05) is 12.1 Å². The summed E-state index contributed by atoms with van der Waals surface area (Å²) in [5.74, 6) is 0.772. The number of aromatic nitrogens is 1. The summed E-state index contributed by atoms with van der Waals surface area (Å²) in [7, 11) is 0. The molecular formula is C17H19N3O4. The summed E-state index contributed by atoms with van der Waals surface area (Å²) in [6, 6.07) is 7.20. The molecule has 2 aromatic rings. The molecule has 1 aromatic carbocycles. The first kappa shape index (κ1) is 16.0. The Bertz CT molecular complexity index is 693. The van der Waals surface area contributed by atoms with Crippen molar-refractivity contribution in [2.24, 2.45) is 5.92 Å². The molecule has 7 nitrogen and oxygen atoms in total. The van der Waals surface area contributed by atoms with E-state index in [1.807, 2.05) is 19.1 Å². The van der Waals surface area contributed by atoms with E-state index in [0.29, 0.717) is 11.4 Å². The van der Waals surface area contributed by atoms with Crippen LogP contribution >= 0.6 is 0 Å². The van der Waals surface area contributed by atoms with Crippen LogP contribution in [0.2, 0.25) is 0 Å². The van der Waals surface area contributed by atoms with E-state index in [2.05, 4.69) is 15.6 Å². The molecule has 0 bridgehead atoms. The van der Waals surface area contributed by atoms with Crippen molar-refractivity contribution in [2.45, 2.75) is 32.4 Å². The first-order valence-electron chi connectivity index (χ1n) is 7.83. The van der Waals surface area contributed by atoms with Gasteiger partial charge in [-0.2, -0.15) is 0 Å². The van der Waals surface area contributed by atoms with E-state index >= 15 is 0 Å². The SMILES string of the molecule is C[C@H](NC(=O)C1CC1)c1ccc(NC(=O)OCc2cnco2)cc1. The highest BCUT2D eigenvalue weighted by molar-refractivity contribution is 5.84. The zero-order valence-electron chi connectivity index (χ0n) is 13.3. The summed E-state index contributed by atoms with van der Waals surface area (Å²) in [4.78, 5) is 27.2. The van der Waals surface area contributed by atoms with Crippen LogP contribution in [-0.2, 0) is 16.1 Å². The number of amides is 2. The molecule has 0 radical (unpaired) electrons. The largest absolute Gasteiger partial charge is 0.445 e. The zero-order chi connectivity index (χ0) is 16.9. The summed E-state index contributed by atoms with van der Waals surface area (Å²) >= 11 is 0. The van der Waals surface area contributed by atoms with Crippen LogP contribution < -0.4 is 10.6 Å². The van der Waals surface area contributed by atoms with Gasteiger partial charge in [0, 0.05) is 11.6 Å². The number of carbonyl (C=O) groups is 2. The van der Waals surface area contributed by atoms with Crippen molar-refractivity contribution < 1.29 is 18.7 Å². The number of ether oxygens (including phenoxy) is 1. The minimum atomic E-state index is -0.575. The molecule has 1 aliphatic rings. The summed E-state index contributed by atoms with van der Waals surface area (Å²) in [5, 5.41) is 5.62. The van der Waals surface area contributed by atoms with Crippen LogP contribution in [0, 0.1) is 5.92 Å². The number of hydrogen-bond donors (Lipinski definition) is 2. The Morgan fingerprint density at radius 3 is 2.71 bits per heavy atom. The third kappa shape index (κ3) is 4.34. The van der Waals surface area contributed by atoms with Gasteiger partial charge in [-0.15, -0.1) is 0 Å². The quantitative estimate of drug-likeness (QED) is 0.849. The number of nitrogens with one attached hydrogen (secondary N) is 2. The van der Waals surface area contributed by atoms with Gasteiger partial charge in [-0.05, 0) is 37.5 Å². The van der Waals surface area contributed by atoms with E-state index in [-0.39, 0.29) is 24.5 Å². The van der Waals surface area contributed by atoms with Gasteiger partial charge in [0.25, 0.3) is 0 Å². The lowest BCUT2D eigenvalue weighted by Gasteiger charge is -2.14. The lowest BCUT2D eigenvalue weighted by Crippen LogP contribution is -2.27. The van der Waals surface area contributed by atoms with E-state index in [4.69, 9.17) is 9.15 Å². The molecule has 0 saturated heterocycles. The van der Waals surface area contributed by atoms with Crippen LogP contribution in [0.1, 0.15) is 37.1 Å². The standard InChI is InChI=1S/C17H19N3O4/c1-11(19-16(21)13-2-3-13)12-4-6-14(7-5-12)20-17(22)23-9-15-8-18-10-24-15/h4-8,10-11,13H,2-3,9H2,1H3,(H,19,21)(H,20,22)/t11-/m0/s1. The Kier molecular flexibility index (Phi) is 4.79. The minimum absolute atomic E-state index is 0.0220. The first-order chi connectivity index (χ1) is 11.6. The molecule has 126 valence electrons. The third-order valence-corrected chi connectivity index (χ3v) is 3.79. The average molecular weight is 329 g/mol. The van der Waals surface area contributed by atoms with Crippen molar-refractivity contribution in [3.05, 3.63) is 48.2 Å². The average Bonchev–Trinajstić information content (AvgIpc) is 3.30. The molecule has 3 rings (SSSR count). The maximum absolute atomic E-state index is 11.8. The van der Waals surface area contributed by atoms with Gasteiger partial charge in [0.1, 0.15) is 0 Å². The fourth-order valence-corrected chi connectivity index (χ4v) is 2.22. The van der Waals surface area contributed by atoms with Crippen LogP contribution in [0.25, 0.3) is 0 Å². The molecule has 0 unspecified atom stereocenters. The monoisotopic (exact) mass is 329 g/mol. The molecule has 1 atom stereocenters. The third-order valence-electron chi connectivity index (χ3n) is 3.79. The van der Waals surface area contributed by atoms with Crippen LogP contribution in [0.15, 0.2) is 41.3 Å². The van der Waals surface area contributed by atoms with Crippen molar-refractivity contribution in [1.29, 1.82) is 0 Å². The van der Waals surface area contributed by atoms with Crippen LogP contribution in [0.5, 0.6) is 0 Å². The van der Waals surface area contributed by atoms with Crippen molar-refractivity contribution in [3.63, 3.8) is 0 Å². The fraction of sp³-hybridized carbons (Fsp3) is 0.353.